The van der Waals surface area contributed by atoms with E-state index in [9.17, 15) is 9.90 Å². The van der Waals surface area contributed by atoms with E-state index in [1.54, 1.807) is 23.1 Å². The Labute approximate surface area is 137 Å². The van der Waals surface area contributed by atoms with Gasteiger partial charge in [0.1, 0.15) is 17.0 Å². The lowest BCUT2D eigenvalue weighted by Crippen LogP contribution is -2.41. The molecule has 3 rings (SSSR count). The van der Waals surface area contributed by atoms with Gasteiger partial charge in [-0.25, -0.2) is 9.97 Å². The third kappa shape index (κ3) is 3.05. The first-order valence-electron chi connectivity index (χ1n) is 7.42. The molecular weight excluding hydrogens is 318 g/mol. The third-order valence-corrected chi connectivity index (χ3v) is 5.80. The number of hydrogen-bond donors (Lipinski definition) is 1. The van der Waals surface area contributed by atoms with Crippen LogP contribution in [-0.2, 0) is 17.6 Å². The molecule has 0 bridgehead atoms. The van der Waals surface area contributed by atoms with Crippen molar-refractivity contribution in [1.82, 2.24) is 9.97 Å². The lowest BCUT2D eigenvalue weighted by atomic mass is 9.97. The van der Waals surface area contributed by atoms with Gasteiger partial charge in [-0.2, -0.15) is 11.8 Å². The summed E-state index contributed by atoms with van der Waals surface area (Å²) in [5.41, 5.74) is 1.30. The van der Waals surface area contributed by atoms with E-state index in [1.807, 2.05) is 6.26 Å². The molecule has 0 amide bonds. The average molecular weight is 336 g/mol. The number of anilines is 1. The minimum Gasteiger partial charge on any atom is -0.548 e. The van der Waals surface area contributed by atoms with E-state index in [-0.39, 0.29) is 0 Å². The Morgan fingerprint density at radius 2 is 2.27 bits per heavy atom. The molecule has 0 saturated carbocycles. The van der Waals surface area contributed by atoms with Gasteiger partial charge in [0.25, 0.3) is 0 Å². The van der Waals surface area contributed by atoms with Gasteiger partial charge in [-0.15, -0.1) is 11.3 Å². The fourth-order valence-electron chi connectivity index (χ4n) is 2.85. The maximum Gasteiger partial charge on any atom is 0.138 e. The van der Waals surface area contributed by atoms with Crippen molar-refractivity contribution >= 4 is 45.1 Å². The number of thiophene rings is 1. The normalized spacial score (nSPS) is 15.5. The zero-order valence-electron chi connectivity index (χ0n) is 12.4. The first-order valence-corrected chi connectivity index (χ1v) is 9.63. The second kappa shape index (κ2) is 6.83. The van der Waals surface area contributed by atoms with Gasteiger partial charge < -0.3 is 15.2 Å². The number of hydrogen-bond acceptors (Lipinski definition) is 7. The fraction of sp³-hybridized carbons (Fsp3) is 0.533. The molecule has 22 heavy (non-hydrogen) atoms. The predicted molar refractivity (Wildman–Crippen MR) is 89.5 cm³/mol. The van der Waals surface area contributed by atoms with Crippen LogP contribution >= 0.6 is 23.1 Å². The van der Waals surface area contributed by atoms with Gasteiger partial charge in [0.05, 0.1) is 17.4 Å². The van der Waals surface area contributed by atoms with Crippen LogP contribution in [-0.4, -0.2) is 34.0 Å². The summed E-state index contributed by atoms with van der Waals surface area (Å²) in [6.45, 7) is 0. The van der Waals surface area contributed by atoms with Crippen LogP contribution in [0.5, 0.6) is 0 Å². The molecule has 0 spiro atoms. The van der Waals surface area contributed by atoms with Gasteiger partial charge >= 0.3 is 0 Å². The first-order chi connectivity index (χ1) is 10.7. The molecule has 1 N–H and O–H groups in total. The number of aromatic nitrogens is 2. The van der Waals surface area contributed by atoms with Crippen molar-refractivity contribution < 1.29 is 9.90 Å². The summed E-state index contributed by atoms with van der Waals surface area (Å²) in [7, 11) is 0. The Balaban J connectivity index is 1.95. The van der Waals surface area contributed by atoms with Crippen molar-refractivity contribution in [2.75, 3.05) is 17.3 Å². The summed E-state index contributed by atoms with van der Waals surface area (Å²) in [6, 6.07) is -0.718. The van der Waals surface area contributed by atoms with Crippen molar-refractivity contribution in [3.63, 3.8) is 0 Å². The van der Waals surface area contributed by atoms with E-state index in [4.69, 9.17) is 0 Å². The molecule has 5 nitrogen and oxygen atoms in total. The van der Waals surface area contributed by atoms with E-state index in [2.05, 4.69) is 15.3 Å². The summed E-state index contributed by atoms with van der Waals surface area (Å²) in [5, 5.41) is 15.4. The third-order valence-electron chi connectivity index (χ3n) is 3.96. The number of carboxylic acid groups (broad SMARTS) is 1. The number of thioether (sulfide) groups is 1. The maximum absolute atomic E-state index is 11.3. The molecule has 1 atom stereocenters. The number of aryl methyl sites for hydroxylation is 2. The zero-order chi connectivity index (χ0) is 15.5. The highest BCUT2D eigenvalue weighted by molar-refractivity contribution is 7.98. The van der Waals surface area contributed by atoms with Crippen molar-refractivity contribution in [2.45, 2.75) is 38.1 Å². The van der Waals surface area contributed by atoms with E-state index >= 15 is 0 Å². The smallest absolute Gasteiger partial charge is 0.138 e. The van der Waals surface area contributed by atoms with E-state index < -0.39 is 12.0 Å². The number of fused-ring (bicyclic) bond motifs is 3. The van der Waals surface area contributed by atoms with Gasteiger partial charge in [-0.1, -0.05) is 0 Å². The summed E-state index contributed by atoms with van der Waals surface area (Å²) in [6.07, 6.45) is 8.48. The minimum absolute atomic E-state index is 0.515. The van der Waals surface area contributed by atoms with Crippen molar-refractivity contribution in [1.29, 1.82) is 0 Å². The van der Waals surface area contributed by atoms with Crippen molar-refractivity contribution in [3.8, 4) is 0 Å². The molecule has 0 fully saturated rings. The Bertz CT molecular complexity index is 687. The van der Waals surface area contributed by atoms with Crippen LogP contribution in [0.3, 0.4) is 0 Å². The van der Waals surface area contributed by atoms with E-state index in [1.165, 1.54) is 29.6 Å². The van der Waals surface area contributed by atoms with Crippen molar-refractivity contribution in [3.05, 3.63) is 16.8 Å². The van der Waals surface area contributed by atoms with Crippen LogP contribution < -0.4 is 10.4 Å². The minimum atomic E-state index is -1.08. The fourth-order valence-corrected chi connectivity index (χ4v) is 4.55. The highest BCUT2D eigenvalue weighted by atomic mass is 32.2. The second-order valence-electron chi connectivity index (χ2n) is 5.41. The van der Waals surface area contributed by atoms with Crippen LogP contribution in [0.15, 0.2) is 6.33 Å². The maximum atomic E-state index is 11.3. The molecule has 7 heteroatoms. The lowest BCUT2D eigenvalue weighted by Gasteiger charge is -2.21. The van der Waals surface area contributed by atoms with Gasteiger partial charge in [-0.05, 0) is 49.7 Å². The van der Waals surface area contributed by atoms with Crippen molar-refractivity contribution in [2.24, 2.45) is 0 Å². The Kier molecular flexibility index (Phi) is 4.83. The summed E-state index contributed by atoms with van der Waals surface area (Å²) in [5.74, 6) is 0.325. The molecule has 118 valence electrons. The molecule has 1 aliphatic carbocycles. The van der Waals surface area contributed by atoms with Crippen LogP contribution in [0.4, 0.5) is 5.82 Å². The Morgan fingerprint density at radius 3 is 3.05 bits per heavy atom. The largest absolute Gasteiger partial charge is 0.548 e. The van der Waals surface area contributed by atoms with Gasteiger partial charge in [-0.3, -0.25) is 0 Å². The van der Waals surface area contributed by atoms with Gasteiger partial charge in [0.2, 0.25) is 0 Å². The molecule has 2 heterocycles. The number of carbonyl (C=O) groups excluding carboxylic acids is 1. The van der Waals surface area contributed by atoms with E-state index in [0.717, 1.165) is 28.8 Å². The number of aliphatic carboxylic acids is 1. The number of carbonyl (C=O) groups is 1. The number of carboxylic acids is 1. The first kappa shape index (κ1) is 15.6. The topological polar surface area (TPSA) is 77.9 Å². The van der Waals surface area contributed by atoms with Gasteiger partial charge in [0.15, 0.2) is 0 Å². The molecule has 0 radical (unpaired) electrons. The monoisotopic (exact) mass is 336 g/mol. The lowest BCUT2D eigenvalue weighted by molar-refractivity contribution is -0.306. The van der Waals surface area contributed by atoms with Crippen LogP contribution in [0.2, 0.25) is 0 Å². The SMILES string of the molecule is CSCC[C@H](Nc1ncnc2sc3c(c12)CCCC3)C(=O)[O-]. The molecule has 1 aliphatic rings. The molecule has 0 aliphatic heterocycles. The Morgan fingerprint density at radius 1 is 1.45 bits per heavy atom. The van der Waals surface area contributed by atoms with Crippen LogP contribution in [0.25, 0.3) is 10.2 Å². The zero-order valence-corrected chi connectivity index (χ0v) is 14.1. The van der Waals surface area contributed by atoms with Gasteiger partial charge in [0, 0.05) is 4.88 Å². The summed E-state index contributed by atoms with van der Waals surface area (Å²) >= 11 is 3.33. The highest BCUT2D eigenvalue weighted by Gasteiger charge is 2.21. The second-order valence-corrected chi connectivity index (χ2v) is 7.48. The number of nitrogens with zero attached hydrogens (tertiary/aromatic N) is 2. The Hall–Kier alpha value is -1.34. The quantitative estimate of drug-likeness (QED) is 0.867. The predicted octanol–water partition coefficient (Wildman–Crippen LogP) is 1.85. The highest BCUT2D eigenvalue weighted by Crippen LogP contribution is 2.38. The molecular formula is C15H18N3O2S2-. The molecule has 0 unspecified atom stereocenters. The molecule has 0 saturated heterocycles. The van der Waals surface area contributed by atoms with Crippen LogP contribution in [0, 0.1) is 0 Å². The molecule has 2 aromatic rings. The average Bonchev–Trinajstić information content (AvgIpc) is 2.90. The van der Waals surface area contributed by atoms with E-state index in [0.29, 0.717) is 12.2 Å². The summed E-state index contributed by atoms with van der Waals surface area (Å²) < 4.78 is 0. The number of nitrogens with one attached hydrogen (secondary N) is 1. The number of rotatable bonds is 6. The summed E-state index contributed by atoms with van der Waals surface area (Å²) in [4.78, 5) is 22.3. The molecule has 0 aromatic carbocycles. The van der Waals surface area contributed by atoms with Crippen LogP contribution in [0.1, 0.15) is 29.7 Å². The standard InChI is InChI=1S/C15H19N3O2S2/c1-21-7-6-10(15(19)20)18-13-12-9-4-2-3-5-11(9)22-14(12)17-8-16-13/h8,10H,2-7H2,1H3,(H,19,20)(H,16,17,18)/p-1/t10-/m0/s1. The molecule has 2 aromatic heterocycles.